The molecule has 0 radical (unpaired) electrons. The van der Waals surface area contributed by atoms with Gasteiger partial charge in [0.2, 0.25) is 0 Å². The van der Waals surface area contributed by atoms with Crippen LogP contribution in [-0.4, -0.2) is 59.8 Å². The van der Waals surface area contributed by atoms with E-state index in [0.29, 0.717) is 0 Å². The molecule has 3 aliphatic carbocycles. The highest BCUT2D eigenvalue weighted by Crippen LogP contribution is 2.59. The number of nitrogens with one attached hydrogen (secondary N) is 6. The second kappa shape index (κ2) is 36.3. The summed E-state index contributed by atoms with van der Waals surface area (Å²) < 4.78 is 0. The van der Waals surface area contributed by atoms with Gasteiger partial charge in [-0.3, -0.25) is 0 Å². The zero-order valence-corrected chi connectivity index (χ0v) is 83.6. The van der Waals surface area contributed by atoms with Crippen LogP contribution in [-0.2, 0) is 19.3 Å². The fourth-order valence-corrected chi connectivity index (χ4v) is 23.4. The fraction of sp³-hybridized carbons (Fsp3) is 0.149. The van der Waals surface area contributed by atoms with E-state index in [1.807, 2.05) is 0 Å². The zero-order chi connectivity index (χ0) is 98.2. The topological polar surface area (TPSA) is 172 Å². The molecule has 0 amide bonds. The Balaban J connectivity index is 0.739. The summed E-state index contributed by atoms with van der Waals surface area (Å²) in [6.07, 6.45) is 35.6. The fourth-order valence-electron chi connectivity index (χ4n) is 23.4. The summed E-state index contributed by atoms with van der Waals surface area (Å²) in [5, 5.41) is 0. The lowest BCUT2D eigenvalue weighted by atomic mass is 9.60. The lowest BCUT2D eigenvalue weighted by Gasteiger charge is -2.43. The molecular formula is C134H110N12. The molecule has 18 aromatic rings. The van der Waals surface area contributed by atoms with Crippen molar-refractivity contribution < 1.29 is 0 Å². The van der Waals surface area contributed by atoms with E-state index in [1.165, 1.54) is 83.5 Å². The molecule has 9 aliphatic rings. The van der Waals surface area contributed by atoms with Crippen molar-refractivity contribution >= 4 is 139 Å². The molecule has 146 heavy (non-hydrogen) atoms. The van der Waals surface area contributed by atoms with Crippen LogP contribution in [0.15, 0.2) is 273 Å². The molecule has 0 fully saturated rings. The molecular weight excluding hydrogens is 1780 g/mol. The number of hydrogen-bond acceptors (Lipinski definition) is 6. The van der Waals surface area contributed by atoms with Gasteiger partial charge < -0.3 is 29.9 Å². The summed E-state index contributed by atoms with van der Waals surface area (Å²) in [4.78, 5) is 59.4. The van der Waals surface area contributed by atoms with E-state index in [0.717, 1.165) is 292 Å². The van der Waals surface area contributed by atoms with Gasteiger partial charge in [0.1, 0.15) is 0 Å². The molecule has 12 heteroatoms. The molecule has 0 saturated carbocycles. The highest BCUT2D eigenvalue weighted by atomic mass is 14.8. The number of nitrogens with zero attached hydrogens (tertiary/aromatic N) is 6. The maximum Gasteiger partial charge on any atom is 0.0737 e. The number of benzene rings is 9. The number of fused-ring (bicyclic) bond motifs is 24. The first-order valence-electron chi connectivity index (χ1n) is 51.9. The summed E-state index contributed by atoms with van der Waals surface area (Å²) in [5.74, 6) is -0.546. The van der Waals surface area contributed by atoms with E-state index >= 15 is 0 Å². The van der Waals surface area contributed by atoms with Crippen molar-refractivity contribution in [3.63, 3.8) is 0 Å². The van der Waals surface area contributed by atoms with E-state index in [-0.39, 0.29) is 11.8 Å². The van der Waals surface area contributed by atoms with Gasteiger partial charge in [0.15, 0.2) is 0 Å². The molecule has 0 atom stereocenters. The van der Waals surface area contributed by atoms with Crippen molar-refractivity contribution in [2.24, 2.45) is 0 Å². The lowest BCUT2D eigenvalue weighted by molar-refractivity contribution is 0.755. The van der Waals surface area contributed by atoms with Gasteiger partial charge in [-0.15, -0.1) is 0 Å². The standard InChI is InChI=1S/C134H110N12/c1-10-13-16-94-100-49-55-106(135-100)124(82-31-19-76(4)20-32-82)112-61-67-118(141-112)130(119-68-62-113(142-119)125(107-56-50-101(94)136-107)83-33-21-77(5)22-34-83)88-45-48-93-97(73-88)133-91-46-43-89(131-120-69-63-114(143-120)126(84-35-23-78(6)24-36-84)108-57-51-102(137-108)95(17-14-11-2)103-52-58-109(138-103)127(115-64-70-121(131)144-115)85-37-25-79(7)26-38-85)74-98(91)134(93)99-75-90(44-47-92(99)133)132-122-71-65-116(145-122)128(86-39-27-80(8)28-40-86)110-59-53-104(139-110)96(18-15-12-3)105-54-60-111(140-105)129(117-66-72-123(132)146-117)87-41-29-81(9)30-42-87/h19-75,133-135,137,139,142,144,146H,10-18H2,1-9H3. The van der Waals surface area contributed by atoms with Gasteiger partial charge in [-0.25, -0.2) is 29.9 Å². The monoisotopic (exact) mass is 1890 g/mol. The minimum absolute atomic E-state index is 0.249. The number of H-pyrrole nitrogens is 6. The molecule has 6 N–H and O–H groups in total. The van der Waals surface area contributed by atoms with Crippen LogP contribution in [0.1, 0.15) is 223 Å². The molecule has 15 heterocycles. The van der Waals surface area contributed by atoms with Crippen molar-refractivity contribution in [1.82, 2.24) is 59.8 Å². The van der Waals surface area contributed by atoms with E-state index < -0.39 is 0 Å². The van der Waals surface area contributed by atoms with Crippen LogP contribution in [0.5, 0.6) is 0 Å². The minimum Gasteiger partial charge on any atom is -0.355 e. The summed E-state index contributed by atoms with van der Waals surface area (Å²) in [6.45, 7) is 19.7. The van der Waals surface area contributed by atoms with Gasteiger partial charge in [0.05, 0.1) is 68.3 Å². The van der Waals surface area contributed by atoms with Crippen molar-refractivity contribution in [3.8, 4) is 100 Å². The number of aromatic amines is 6. The van der Waals surface area contributed by atoms with Gasteiger partial charge in [0, 0.05) is 145 Å². The lowest BCUT2D eigenvalue weighted by Crippen LogP contribution is -2.27. The van der Waals surface area contributed by atoms with E-state index in [1.54, 1.807) is 0 Å². The zero-order valence-electron chi connectivity index (χ0n) is 83.6. The Bertz CT molecular complexity index is 8770. The number of hydrogen-bond donors (Lipinski definition) is 6. The van der Waals surface area contributed by atoms with Crippen LogP contribution in [0.25, 0.3) is 239 Å². The molecule has 0 saturated heterocycles. The second-order valence-corrected chi connectivity index (χ2v) is 40.7. The number of aromatic nitrogens is 12. The third-order valence-electron chi connectivity index (χ3n) is 31.0. The summed E-state index contributed by atoms with van der Waals surface area (Å²) >= 11 is 0. The number of unbranched alkanes of at least 4 members (excludes halogenated alkanes) is 3. The Labute approximate surface area is 849 Å². The van der Waals surface area contributed by atoms with Gasteiger partial charge in [-0.1, -0.05) is 255 Å². The first-order chi connectivity index (χ1) is 71.6. The summed E-state index contributed by atoms with van der Waals surface area (Å²) in [6, 6.07) is 103. The maximum absolute atomic E-state index is 5.95. The Kier molecular flexibility index (Phi) is 22.1. The van der Waals surface area contributed by atoms with Crippen molar-refractivity contribution in [2.45, 2.75) is 132 Å². The summed E-state index contributed by atoms with van der Waals surface area (Å²) in [7, 11) is 0. The van der Waals surface area contributed by atoms with Crippen LogP contribution < -0.4 is 0 Å². The second-order valence-electron chi connectivity index (χ2n) is 40.7. The van der Waals surface area contributed by atoms with Crippen LogP contribution in [0.2, 0.25) is 0 Å². The Hall–Kier alpha value is -17.2. The Morgan fingerprint density at radius 1 is 0.171 bits per heavy atom. The normalized spacial score (nSPS) is 13.9. The van der Waals surface area contributed by atoms with Gasteiger partial charge >= 0.3 is 0 Å². The van der Waals surface area contributed by atoms with Crippen LogP contribution >= 0.6 is 0 Å². The van der Waals surface area contributed by atoms with Crippen molar-refractivity contribution in [2.75, 3.05) is 0 Å². The van der Waals surface area contributed by atoms with E-state index in [9.17, 15) is 0 Å². The molecule has 9 aromatic carbocycles. The van der Waals surface area contributed by atoms with Crippen LogP contribution in [0.4, 0.5) is 0 Å². The molecule has 9 aromatic heterocycles. The highest BCUT2D eigenvalue weighted by Gasteiger charge is 2.43. The van der Waals surface area contributed by atoms with Crippen LogP contribution in [0.3, 0.4) is 0 Å². The van der Waals surface area contributed by atoms with Gasteiger partial charge in [0.25, 0.3) is 0 Å². The quantitative estimate of drug-likeness (QED) is 0.0499. The van der Waals surface area contributed by atoms with Crippen molar-refractivity contribution in [3.05, 3.63) is 425 Å². The SMILES string of the molecule is CCCCc1c2nc(c(-c3ccc(C)cc3)c3ccc([nH]3)c(-c3ccc4c(c3)C3c5ccc(-c6c7nc(c(-c8ccc(C)cc8)c8ccc([nH]8)c(CCCC)c8nc(c(-c9ccc(C)cc9)c9ccc6[nH]9)C=C8)C=C7)cc5C4c4cc(-c5c6nc(c(-c7ccc(C)cc7)c7ccc([nH]7)c(CCCC)c7nc(c(-c8ccc(C)cc8)c8ccc5[nH]8)C=C7)C=C6)ccc43)c3nc(c(-c4ccc(C)cc4)c4ccc1[nH]4)C=C3)C=C2. The molecule has 26 bridgehead atoms. The summed E-state index contributed by atoms with van der Waals surface area (Å²) in [5.41, 5.74) is 59.4. The number of aryl methyl sites for hydroxylation is 9. The largest absolute Gasteiger partial charge is 0.355 e. The third-order valence-corrected chi connectivity index (χ3v) is 31.0. The molecule has 0 unspecified atom stereocenters. The van der Waals surface area contributed by atoms with Crippen molar-refractivity contribution in [1.29, 1.82) is 0 Å². The predicted molar refractivity (Wildman–Crippen MR) is 612 cm³/mol. The molecule has 27 rings (SSSR count). The Morgan fingerprint density at radius 2 is 0.329 bits per heavy atom. The Morgan fingerprint density at radius 3 is 0.527 bits per heavy atom. The molecule has 0 spiro atoms. The first-order valence-corrected chi connectivity index (χ1v) is 51.9. The molecule has 12 nitrogen and oxygen atoms in total. The molecule has 6 aliphatic heterocycles. The highest BCUT2D eigenvalue weighted by molar-refractivity contribution is 6.05. The van der Waals surface area contributed by atoms with Crippen LogP contribution in [0, 0.1) is 41.5 Å². The average Bonchev–Trinajstić information content (AvgIpc) is 1.30. The smallest absolute Gasteiger partial charge is 0.0737 e. The third kappa shape index (κ3) is 15.7. The van der Waals surface area contributed by atoms with E-state index in [4.69, 9.17) is 29.9 Å². The van der Waals surface area contributed by atoms with Gasteiger partial charge in [-0.05, 0) is 327 Å². The number of rotatable bonds is 18. The van der Waals surface area contributed by atoms with E-state index in [2.05, 4.69) is 438 Å². The first kappa shape index (κ1) is 88.9. The molecule has 706 valence electrons. The average molecular weight is 1890 g/mol. The van der Waals surface area contributed by atoms with Gasteiger partial charge in [-0.2, -0.15) is 0 Å². The maximum atomic E-state index is 5.95. The minimum atomic E-state index is -0.297. The predicted octanol–water partition coefficient (Wildman–Crippen LogP) is 34.5.